The molecule has 2 aromatic heterocycles. The smallest absolute Gasteiger partial charge is 0.475 e. The van der Waals surface area contributed by atoms with Gasteiger partial charge in [0.25, 0.3) is 0 Å². The van der Waals surface area contributed by atoms with E-state index in [1.807, 2.05) is 6.20 Å². The summed E-state index contributed by atoms with van der Waals surface area (Å²) in [6, 6.07) is 6.38. The predicted octanol–water partition coefficient (Wildman–Crippen LogP) is 4.18. The second-order valence-corrected chi connectivity index (χ2v) is 7.02. The van der Waals surface area contributed by atoms with Crippen molar-refractivity contribution in [1.82, 2.24) is 15.3 Å². The first kappa shape index (κ1) is 20.5. The quantitative estimate of drug-likeness (QED) is 0.566. The molecule has 0 saturated carbocycles. The molecule has 0 aliphatic carbocycles. The van der Waals surface area contributed by atoms with Crippen LogP contribution < -0.4 is 5.32 Å². The van der Waals surface area contributed by atoms with E-state index in [0.29, 0.717) is 23.2 Å². The van der Waals surface area contributed by atoms with Gasteiger partial charge in [-0.05, 0) is 42.5 Å². The summed E-state index contributed by atoms with van der Waals surface area (Å²) in [6.45, 7) is 0. The maximum atomic E-state index is 13.3. The molecule has 2 aliphatic rings. The Balaban J connectivity index is 0.000000279. The highest BCUT2D eigenvalue weighted by molar-refractivity contribution is 6.32. The van der Waals surface area contributed by atoms with Gasteiger partial charge in [0, 0.05) is 42.0 Å². The Kier molecular flexibility index (Phi) is 5.85. The van der Waals surface area contributed by atoms with Crippen LogP contribution in [-0.2, 0) is 4.79 Å². The number of alkyl halides is 3. The number of carbonyl (C=O) groups is 1. The van der Waals surface area contributed by atoms with Crippen LogP contribution in [0.4, 0.5) is 17.6 Å². The van der Waals surface area contributed by atoms with Crippen LogP contribution in [0.25, 0.3) is 11.1 Å². The summed E-state index contributed by atoms with van der Waals surface area (Å²) in [5.41, 5.74) is 2.68. The molecular formula is C18H16ClF4N3O2. The van der Waals surface area contributed by atoms with Gasteiger partial charge in [0.15, 0.2) is 0 Å². The summed E-state index contributed by atoms with van der Waals surface area (Å²) in [5, 5.41) is 11.2. The van der Waals surface area contributed by atoms with Gasteiger partial charge in [-0.3, -0.25) is 0 Å². The monoisotopic (exact) mass is 417 g/mol. The van der Waals surface area contributed by atoms with Crippen molar-refractivity contribution in [2.75, 3.05) is 0 Å². The summed E-state index contributed by atoms with van der Waals surface area (Å²) in [5.74, 6) is -2.78. The standard InChI is InChI=1S/C16H15ClFN3.C2HF3O2/c17-16-13(9-3-4-19-15(18)6-9)5-10(8-20-16)12-7-11-1-2-14(12)21-11;3-2(4,5)1(6)7/h3-6,8,11-12,14,21H,1-2,7H2;(H,6,7)/t11-,12+,14+;/m0./s1. The molecule has 2 bridgehead atoms. The van der Waals surface area contributed by atoms with Crippen molar-refractivity contribution >= 4 is 17.6 Å². The number of halogens is 5. The first-order chi connectivity index (χ1) is 13.1. The Bertz CT molecular complexity index is 878. The molecule has 0 spiro atoms. The molecule has 150 valence electrons. The van der Waals surface area contributed by atoms with Crippen LogP contribution in [0.5, 0.6) is 0 Å². The number of nitrogens with one attached hydrogen (secondary N) is 1. The minimum Gasteiger partial charge on any atom is -0.475 e. The van der Waals surface area contributed by atoms with Crippen LogP contribution in [-0.4, -0.2) is 39.3 Å². The van der Waals surface area contributed by atoms with E-state index in [1.165, 1.54) is 30.7 Å². The van der Waals surface area contributed by atoms with Gasteiger partial charge < -0.3 is 10.4 Å². The Morgan fingerprint density at radius 2 is 1.96 bits per heavy atom. The number of pyridine rings is 2. The molecule has 2 saturated heterocycles. The first-order valence-electron chi connectivity index (χ1n) is 8.48. The lowest BCUT2D eigenvalue weighted by Gasteiger charge is -2.21. The molecule has 4 heterocycles. The van der Waals surface area contributed by atoms with E-state index in [0.717, 1.165) is 17.5 Å². The van der Waals surface area contributed by atoms with Gasteiger partial charge in [0.1, 0.15) is 5.15 Å². The SMILES string of the molecule is Fc1cc(-c2cc([C@H]3C[C@@H]4CC[C@H]3N4)cnc2Cl)ccn1.O=C(O)C(F)(F)F. The highest BCUT2D eigenvalue weighted by atomic mass is 35.5. The third-order valence-electron chi connectivity index (χ3n) is 4.87. The number of aliphatic carboxylic acids is 1. The van der Waals surface area contributed by atoms with E-state index in [2.05, 4.69) is 21.4 Å². The van der Waals surface area contributed by atoms with Crippen molar-refractivity contribution in [1.29, 1.82) is 0 Å². The van der Waals surface area contributed by atoms with Crippen molar-refractivity contribution < 1.29 is 27.5 Å². The normalized spacial score (nSPS) is 23.2. The Morgan fingerprint density at radius 1 is 1.25 bits per heavy atom. The van der Waals surface area contributed by atoms with E-state index in [4.69, 9.17) is 21.5 Å². The van der Waals surface area contributed by atoms with E-state index in [-0.39, 0.29) is 0 Å². The average molecular weight is 418 g/mol. The van der Waals surface area contributed by atoms with E-state index in [9.17, 15) is 17.6 Å². The molecular weight excluding hydrogens is 402 g/mol. The van der Waals surface area contributed by atoms with Crippen molar-refractivity contribution in [3.8, 4) is 11.1 Å². The molecule has 2 aromatic rings. The molecule has 0 aromatic carbocycles. The number of hydrogen-bond donors (Lipinski definition) is 2. The second-order valence-electron chi connectivity index (χ2n) is 6.67. The van der Waals surface area contributed by atoms with Gasteiger partial charge in [-0.15, -0.1) is 0 Å². The molecule has 0 unspecified atom stereocenters. The molecule has 2 fully saturated rings. The lowest BCUT2D eigenvalue weighted by Crippen LogP contribution is -2.21. The van der Waals surface area contributed by atoms with Crippen LogP contribution in [0.2, 0.25) is 5.15 Å². The van der Waals surface area contributed by atoms with Crippen molar-refractivity contribution in [2.45, 2.75) is 43.4 Å². The molecule has 3 atom stereocenters. The zero-order valence-corrected chi connectivity index (χ0v) is 15.1. The third-order valence-corrected chi connectivity index (χ3v) is 5.17. The Labute approximate surface area is 162 Å². The second kappa shape index (κ2) is 8.00. The molecule has 0 radical (unpaired) electrons. The van der Waals surface area contributed by atoms with E-state index >= 15 is 0 Å². The Hall–Kier alpha value is -2.26. The highest BCUT2D eigenvalue weighted by Gasteiger charge is 2.40. The Morgan fingerprint density at radius 3 is 2.50 bits per heavy atom. The van der Waals surface area contributed by atoms with Gasteiger partial charge in [0.2, 0.25) is 5.95 Å². The molecule has 10 heteroatoms. The predicted molar refractivity (Wildman–Crippen MR) is 93.4 cm³/mol. The van der Waals surface area contributed by atoms with Gasteiger partial charge in [-0.25, -0.2) is 14.8 Å². The first-order valence-corrected chi connectivity index (χ1v) is 8.86. The summed E-state index contributed by atoms with van der Waals surface area (Å²) >= 11 is 6.20. The van der Waals surface area contributed by atoms with Crippen molar-refractivity contribution in [3.05, 3.63) is 47.3 Å². The van der Waals surface area contributed by atoms with Crippen LogP contribution >= 0.6 is 11.6 Å². The minimum absolute atomic E-state index is 0.403. The lowest BCUT2D eigenvalue weighted by atomic mass is 9.84. The van der Waals surface area contributed by atoms with Gasteiger partial charge >= 0.3 is 12.1 Å². The third kappa shape index (κ3) is 4.59. The fraction of sp³-hybridized carbons (Fsp3) is 0.389. The number of carboxylic acids is 1. The fourth-order valence-electron chi connectivity index (χ4n) is 3.63. The molecule has 2 aliphatic heterocycles. The van der Waals surface area contributed by atoms with Gasteiger partial charge in [0.05, 0.1) is 0 Å². The summed E-state index contributed by atoms with van der Waals surface area (Å²) < 4.78 is 45.1. The largest absolute Gasteiger partial charge is 0.490 e. The summed E-state index contributed by atoms with van der Waals surface area (Å²) in [4.78, 5) is 16.8. The number of carboxylic acid groups (broad SMARTS) is 1. The summed E-state index contributed by atoms with van der Waals surface area (Å²) in [6.07, 6.45) is 1.86. The van der Waals surface area contributed by atoms with E-state index in [1.54, 1.807) is 6.07 Å². The molecule has 5 nitrogen and oxygen atoms in total. The zero-order chi connectivity index (χ0) is 20.5. The number of hydrogen-bond acceptors (Lipinski definition) is 4. The van der Waals surface area contributed by atoms with Crippen LogP contribution in [0.15, 0.2) is 30.6 Å². The maximum absolute atomic E-state index is 13.3. The fourth-order valence-corrected chi connectivity index (χ4v) is 3.84. The average Bonchev–Trinajstić information content (AvgIpc) is 3.25. The van der Waals surface area contributed by atoms with Crippen LogP contribution in [0.3, 0.4) is 0 Å². The molecule has 28 heavy (non-hydrogen) atoms. The molecule has 0 amide bonds. The van der Waals surface area contributed by atoms with Crippen LogP contribution in [0.1, 0.15) is 30.7 Å². The summed E-state index contributed by atoms with van der Waals surface area (Å²) in [7, 11) is 0. The van der Waals surface area contributed by atoms with E-state index < -0.39 is 18.1 Å². The van der Waals surface area contributed by atoms with Gasteiger partial charge in [-0.2, -0.15) is 17.6 Å². The molecule has 2 N–H and O–H groups in total. The minimum atomic E-state index is -5.08. The lowest BCUT2D eigenvalue weighted by molar-refractivity contribution is -0.192. The molecule has 4 rings (SSSR count). The van der Waals surface area contributed by atoms with Crippen molar-refractivity contribution in [2.24, 2.45) is 0 Å². The van der Waals surface area contributed by atoms with Gasteiger partial charge in [-0.1, -0.05) is 11.6 Å². The number of nitrogens with zero attached hydrogens (tertiary/aromatic N) is 2. The van der Waals surface area contributed by atoms with Crippen LogP contribution in [0, 0.1) is 5.95 Å². The van der Waals surface area contributed by atoms with Crippen molar-refractivity contribution in [3.63, 3.8) is 0 Å². The zero-order valence-electron chi connectivity index (χ0n) is 14.4. The highest BCUT2D eigenvalue weighted by Crippen LogP contribution is 2.41. The maximum Gasteiger partial charge on any atom is 0.490 e. The number of rotatable bonds is 2. The number of aromatic nitrogens is 2. The number of fused-ring (bicyclic) bond motifs is 2. The topological polar surface area (TPSA) is 75.1 Å².